The number of rotatable bonds is 7. The van der Waals surface area contributed by atoms with Gasteiger partial charge in [-0.2, -0.15) is 0 Å². The molecule has 1 aromatic heterocycles. The molecule has 0 atom stereocenters. The Balaban J connectivity index is 2.01. The molecular formula is C24H29NO3. The highest BCUT2D eigenvalue weighted by Crippen LogP contribution is 2.35. The lowest BCUT2D eigenvalue weighted by molar-refractivity contribution is 0.230. The molecule has 0 saturated heterocycles. The molecule has 28 heavy (non-hydrogen) atoms. The Morgan fingerprint density at radius 3 is 2.18 bits per heavy atom. The van der Waals surface area contributed by atoms with Crippen molar-refractivity contribution in [3.63, 3.8) is 0 Å². The normalized spacial score (nSPS) is 11.0. The monoisotopic (exact) mass is 379 g/mol. The van der Waals surface area contributed by atoms with Gasteiger partial charge >= 0.3 is 0 Å². The summed E-state index contributed by atoms with van der Waals surface area (Å²) >= 11 is 0. The fourth-order valence-corrected chi connectivity index (χ4v) is 3.32. The van der Waals surface area contributed by atoms with Gasteiger partial charge in [-0.05, 0) is 75.2 Å². The van der Waals surface area contributed by atoms with Gasteiger partial charge in [0.15, 0.2) is 11.5 Å². The second-order valence-electron chi connectivity index (χ2n) is 7.26. The van der Waals surface area contributed by atoms with Gasteiger partial charge in [-0.25, -0.2) is 0 Å². The third-order valence-corrected chi connectivity index (χ3v) is 4.94. The Kier molecular flexibility index (Phi) is 5.98. The molecule has 0 fully saturated rings. The van der Waals surface area contributed by atoms with E-state index in [0.717, 1.165) is 29.4 Å². The van der Waals surface area contributed by atoms with Crippen molar-refractivity contribution in [2.45, 2.75) is 40.3 Å². The van der Waals surface area contributed by atoms with Crippen LogP contribution in [0, 0.1) is 13.8 Å². The summed E-state index contributed by atoms with van der Waals surface area (Å²) in [6.45, 7) is 9.15. The van der Waals surface area contributed by atoms with Gasteiger partial charge < -0.3 is 18.8 Å². The summed E-state index contributed by atoms with van der Waals surface area (Å²) in [5, 5.41) is 0. The first-order valence-electron chi connectivity index (χ1n) is 9.57. The van der Waals surface area contributed by atoms with Crippen molar-refractivity contribution < 1.29 is 14.2 Å². The smallest absolute Gasteiger partial charge is 0.162 e. The van der Waals surface area contributed by atoms with Crippen molar-refractivity contribution in [1.29, 1.82) is 0 Å². The van der Waals surface area contributed by atoms with Crippen LogP contribution in [0.4, 0.5) is 0 Å². The summed E-state index contributed by atoms with van der Waals surface area (Å²) in [5.74, 6) is 2.39. The Hall–Kier alpha value is -2.88. The molecule has 3 rings (SSSR count). The number of nitrogens with zero attached hydrogens (tertiary/aromatic N) is 1. The topological polar surface area (TPSA) is 32.6 Å². The average Bonchev–Trinajstić information content (AvgIpc) is 2.96. The van der Waals surface area contributed by atoms with Crippen LogP contribution in [0.5, 0.6) is 17.2 Å². The first-order valence-corrected chi connectivity index (χ1v) is 9.57. The van der Waals surface area contributed by atoms with Crippen LogP contribution in [-0.4, -0.2) is 24.9 Å². The van der Waals surface area contributed by atoms with Gasteiger partial charge in [-0.3, -0.25) is 0 Å². The van der Waals surface area contributed by atoms with Crippen LogP contribution in [0.1, 0.15) is 30.7 Å². The highest BCUT2D eigenvalue weighted by molar-refractivity contribution is 5.66. The minimum Gasteiger partial charge on any atom is -0.497 e. The molecule has 3 aromatic rings. The summed E-state index contributed by atoms with van der Waals surface area (Å²) in [6, 6.07) is 16.6. The maximum atomic E-state index is 5.97. The second kappa shape index (κ2) is 8.42. The number of ether oxygens (including phenoxy) is 3. The zero-order chi connectivity index (χ0) is 20.3. The Morgan fingerprint density at radius 2 is 1.57 bits per heavy atom. The van der Waals surface area contributed by atoms with Crippen LogP contribution >= 0.6 is 0 Å². The van der Waals surface area contributed by atoms with E-state index in [-0.39, 0.29) is 6.10 Å². The van der Waals surface area contributed by atoms with Crippen molar-refractivity contribution in [3.8, 4) is 28.5 Å². The molecule has 2 aromatic carbocycles. The van der Waals surface area contributed by atoms with Gasteiger partial charge in [-0.15, -0.1) is 0 Å². The quantitative estimate of drug-likeness (QED) is 0.534. The van der Waals surface area contributed by atoms with E-state index in [9.17, 15) is 0 Å². The molecule has 0 radical (unpaired) electrons. The Bertz CT molecular complexity index is 939. The van der Waals surface area contributed by atoms with E-state index < -0.39 is 0 Å². The Morgan fingerprint density at radius 1 is 0.857 bits per heavy atom. The highest BCUT2D eigenvalue weighted by atomic mass is 16.5. The number of aryl methyl sites for hydroxylation is 1. The first kappa shape index (κ1) is 19.9. The van der Waals surface area contributed by atoms with Gasteiger partial charge in [0.05, 0.1) is 20.3 Å². The summed E-state index contributed by atoms with van der Waals surface area (Å²) in [5.41, 5.74) is 6.04. The Labute approximate surface area is 167 Å². The van der Waals surface area contributed by atoms with E-state index in [2.05, 4.69) is 48.7 Å². The largest absolute Gasteiger partial charge is 0.497 e. The van der Waals surface area contributed by atoms with E-state index in [1.807, 2.05) is 32.0 Å². The number of aromatic nitrogens is 1. The van der Waals surface area contributed by atoms with Crippen LogP contribution < -0.4 is 14.2 Å². The number of hydrogen-bond acceptors (Lipinski definition) is 3. The van der Waals surface area contributed by atoms with E-state index in [4.69, 9.17) is 14.2 Å². The number of hydrogen-bond donors (Lipinski definition) is 0. The molecule has 0 spiro atoms. The molecule has 0 unspecified atom stereocenters. The van der Waals surface area contributed by atoms with Crippen LogP contribution in [0.25, 0.3) is 11.3 Å². The van der Waals surface area contributed by atoms with Crippen LogP contribution in [-0.2, 0) is 6.54 Å². The predicted octanol–water partition coefficient (Wildman–Crippen LogP) is 5.62. The molecule has 0 N–H and O–H groups in total. The van der Waals surface area contributed by atoms with E-state index in [0.29, 0.717) is 0 Å². The lowest BCUT2D eigenvalue weighted by Gasteiger charge is -2.17. The summed E-state index contributed by atoms with van der Waals surface area (Å²) in [4.78, 5) is 0. The average molecular weight is 380 g/mol. The lowest BCUT2D eigenvalue weighted by atomic mass is 10.1. The fraction of sp³-hybridized carbons (Fsp3) is 0.333. The number of benzene rings is 2. The molecule has 0 aliphatic rings. The van der Waals surface area contributed by atoms with Gasteiger partial charge in [-0.1, -0.05) is 12.1 Å². The van der Waals surface area contributed by atoms with Crippen molar-refractivity contribution in [2.75, 3.05) is 14.2 Å². The maximum Gasteiger partial charge on any atom is 0.162 e. The van der Waals surface area contributed by atoms with Crippen LogP contribution in [0.2, 0.25) is 0 Å². The zero-order valence-corrected chi connectivity index (χ0v) is 17.6. The van der Waals surface area contributed by atoms with E-state index >= 15 is 0 Å². The van der Waals surface area contributed by atoms with Crippen LogP contribution in [0.15, 0.2) is 48.5 Å². The van der Waals surface area contributed by atoms with E-state index in [1.165, 1.54) is 22.5 Å². The van der Waals surface area contributed by atoms with Crippen molar-refractivity contribution in [2.24, 2.45) is 0 Å². The molecule has 4 heteroatoms. The molecule has 0 saturated carbocycles. The lowest BCUT2D eigenvalue weighted by Crippen LogP contribution is -2.07. The molecular weight excluding hydrogens is 350 g/mol. The second-order valence-corrected chi connectivity index (χ2v) is 7.26. The summed E-state index contributed by atoms with van der Waals surface area (Å²) < 4.78 is 19.1. The standard InChI is InChI=1S/C24H29NO3/c1-16(2)28-24-14-20(9-12-23(24)27-6)22-13-17(3)18(4)25(22)15-19-7-10-21(26-5)11-8-19/h7-14,16H,15H2,1-6H3. The summed E-state index contributed by atoms with van der Waals surface area (Å²) in [6.07, 6.45) is 0.0821. The van der Waals surface area contributed by atoms with Gasteiger partial charge in [0.1, 0.15) is 5.75 Å². The van der Waals surface area contributed by atoms with E-state index in [1.54, 1.807) is 14.2 Å². The SMILES string of the molecule is COc1ccc(Cn2c(-c3ccc(OC)c(OC(C)C)c3)cc(C)c2C)cc1. The van der Waals surface area contributed by atoms with Gasteiger partial charge in [0, 0.05) is 23.5 Å². The van der Waals surface area contributed by atoms with Gasteiger partial charge in [0.2, 0.25) is 0 Å². The number of methoxy groups -OCH3 is 2. The molecule has 0 bridgehead atoms. The molecule has 0 amide bonds. The third kappa shape index (κ3) is 4.16. The first-order chi connectivity index (χ1) is 13.4. The maximum absolute atomic E-state index is 5.97. The molecule has 4 nitrogen and oxygen atoms in total. The predicted molar refractivity (Wildman–Crippen MR) is 114 cm³/mol. The van der Waals surface area contributed by atoms with Crippen molar-refractivity contribution in [1.82, 2.24) is 4.57 Å². The third-order valence-electron chi connectivity index (χ3n) is 4.94. The summed E-state index contributed by atoms with van der Waals surface area (Å²) in [7, 11) is 3.36. The fourth-order valence-electron chi connectivity index (χ4n) is 3.32. The molecule has 1 heterocycles. The molecule has 148 valence electrons. The highest BCUT2D eigenvalue weighted by Gasteiger charge is 2.15. The van der Waals surface area contributed by atoms with Crippen molar-refractivity contribution >= 4 is 0 Å². The van der Waals surface area contributed by atoms with Crippen LogP contribution in [0.3, 0.4) is 0 Å². The molecule has 0 aliphatic heterocycles. The van der Waals surface area contributed by atoms with Crippen molar-refractivity contribution in [3.05, 3.63) is 65.4 Å². The minimum atomic E-state index is 0.0821. The zero-order valence-electron chi connectivity index (χ0n) is 17.6. The minimum absolute atomic E-state index is 0.0821. The molecule has 0 aliphatic carbocycles. The van der Waals surface area contributed by atoms with Gasteiger partial charge in [0.25, 0.3) is 0 Å².